The van der Waals surface area contributed by atoms with Crippen molar-refractivity contribution in [3.05, 3.63) is 11.4 Å². The van der Waals surface area contributed by atoms with Crippen LogP contribution in [-0.4, -0.2) is 87.8 Å². The third kappa shape index (κ3) is 5.55. The summed E-state index contributed by atoms with van der Waals surface area (Å²) in [6.45, 7) is 4.52. The molecule has 198 valence electrons. The van der Waals surface area contributed by atoms with Gasteiger partial charge in [0.15, 0.2) is 24.6 Å². The van der Waals surface area contributed by atoms with Gasteiger partial charge in [0, 0.05) is 13.2 Å². The molecular formula is C23H37N3O9. The highest BCUT2D eigenvalue weighted by Gasteiger charge is 2.55. The summed E-state index contributed by atoms with van der Waals surface area (Å²) in [5.41, 5.74) is 0.621. The first kappa shape index (κ1) is 25.4. The van der Waals surface area contributed by atoms with Crippen molar-refractivity contribution < 1.29 is 43.4 Å². The molecule has 35 heavy (non-hydrogen) atoms. The zero-order chi connectivity index (χ0) is 24.4. The summed E-state index contributed by atoms with van der Waals surface area (Å²) in [7, 11) is 0. The van der Waals surface area contributed by atoms with Crippen LogP contribution in [0.3, 0.4) is 0 Å². The highest BCUT2D eigenvalue weighted by molar-refractivity contribution is 5.10. The molecule has 0 spiro atoms. The van der Waals surface area contributed by atoms with Gasteiger partial charge >= 0.3 is 0 Å². The quantitative estimate of drug-likeness (QED) is 0.559. The van der Waals surface area contributed by atoms with Crippen molar-refractivity contribution in [3.63, 3.8) is 0 Å². The van der Waals surface area contributed by atoms with Gasteiger partial charge in [0.05, 0.1) is 25.5 Å². The zero-order valence-electron chi connectivity index (χ0n) is 20.4. The molecular weight excluding hydrogens is 462 g/mol. The lowest BCUT2D eigenvalue weighted by Crippen LogP contribution is -2.65. The Hall–Kier alpha value is -1.22. The first-order valence-corrected chi connectivity index (χ1v) is 12.6. The molecule has 7 atom stereocenters. The van der Waals surface area contributed by atoms with Crippen LogP contribution in [0.4, 0.5) is 0 Å². The lowest BCUT2D eigenvalue weighted by Gasteiger charge is -2.52. The van der Waals surface area contributed by atoms with E-state index in [1.54, 1.807) is 0 Å². The van der Waals surface area contributed by atoms with E-state index in [4.69, 9.17) is 33.2 Å². The van der Waals surface area contributed by atoms with Crippen molar-refractivity contribution in [3.8, 4) is 0 Å². The Kier molecular flexibility index (Phi) is 8.02. The monoisotopic (exact) mass is 499 g/mol. The predicted molar refractivity (Wildman–Crippen MR) is 118 cm³/mol. The number of aliphatic hydroxyl groups is 2. The van der Waals surface area contributed by atoms with Crippen molar-refractivity contribution in [2.24, 2.45) is 0 Å². The van der Waals surface area contributed by atoms with Crippen molar-refractivity contribution in [2.45, 2.75) is 115 Å². The van der Waals surface area contributed by atoms with Crippen LogP contribution in [0, 0.1) is 0 Å². The largest absolute Gasteiger partial charge is 0.390 e. The average molecular weight is 500 g/mol. The van der Waals surface area contributed by atoms with E-state index in [9.17, 15) is 10.2 Å². The summed E-state index contributed by atoms with van der Waals surface area (Å²) >= 11 is 0. The van der Waals surface area contributed by atoms with E-state index in [1.165, 1.54) is 4.68 Å². The summed E-state index contributed by atoms with van der Waals surface area (Å²) in [4.78, 5) is 0. The van der Waals surface area contributed by atoms with Gasteiger partial charge in [-0.15, -0.1) is 5.10 Å². The molecule has 0 radical (unpaired) electrons. The molecule has 5 rings (SSSR count). The van der Waals surface area contributed by atoms with Crippen molar-refractivity contribution in [1.29, 1.82) is 0 Å². The number of rotatable bonds is 7. The third-order valence-corrected chi connectivity index (χ3v) is 6.93. The van der Waals surface area contributed by atoms with Gasteiger partial charge in [0.25, 0.3) is 0 Å². The number of aromatic nitrogens is 3. The van der Waals surface area contributed by atoms with E-state index in [1.807, 2.05) is 13.8 Å². The molecule has 4 aliphatic rings. The van der Waals surface area contributed by atoms with E-state index in [2.05, 4.69) is 10.3 Å². The van der Waals surface area contributed by atoms with Crippen molar-refractivity contribution >= 4 is 0 Å². The van der Waals surface area contributed by atoms with Gasteiger partial charge in [-0.1, -0.05) is 5.21 Å². The third-order valence-electron chi connectivity index (χ3n) is 6.93. The number of ether oxygens (including phenoxy) is 7. The standard InChI is InChI=1S/C23H37N3O9/c1-23(2)31-13-16-19(35-23)20(33-17-7-3-5-9-29-17)21(34-18-8-4-6-10-30-18)22(32-16)26-15(12-28)14(11-27)24-25-26/h16-22,27-28H,3-13H2,1-2H3/t16-,17?,18?,19-,20+,21-,22-/m1/s1. The van der Waals surface area contributed by atoms with Crippen molar-refractivity contribution in [2.75, 3.05) is 19.8 Å². The maximum atomic E-state index is 10.1. The maximum Gasteiger partial charge on any atom is 0.181 e. The van der Waals surface area contributed by atoms with Gasteiger partial charge in [-0.2, -0.15) is 0 Å². The summed E-state index contributed by atoms with van der Waals surface area (Å²) in [6.07, 6.45) is 1.55. The van der Waals surface area contributed by atoms with Gasteiger partial charge in [0.1, 0.15) is 30.1 Å². The molecule has 2 unspecified atom stereocenters. The van der Waals surface area contributed by atoms with Crippen LogP contribution in [0.5, 0.6) is 0 Å². The molecule has 0 aromatic carbocycles. The number of nitrogens with zero attached hydrogens (tertiary/aromatic N) is 3. The normalized spacial score (nSPS) is 37.7. The Morgan fingerprint density at radius 3 is 2.26 bits per heavy atom. The van der Waals surface area contributed by atoms with Gasteiger partial charge < -0.3 is 43.4 Å². The first-order valence-electron chi connectivity index (χ1n) is 12.6. The summed E-state index contributed by atoms with van der Waals surface area (Å²) in [5.74, 6) is -0.828. The second kappa shape index (κ2) is 11.0. The Bertz CT molecular complexity index is 825. The van der Waals surface area contributed by atoms with Gasteiger partial charge in [-0.05, 0) is 52.4 Å². The molecule has 4 saturated heterocycles. The molecule has 2 N–H and O–H groups in total. The van der Waals surface area contributed by atoms with Crippen LogP contribution >= 0.6 is 0 Å². The fourth-order valence-electron chi connectivity index (χ4n) is 5.14. The fourth-order valence-corrected chi connectivity index (χ4v) is 5.14. The lowest BCUT2D eigenvalue weighted by atomic mass is 9.95. The Labute approximate surface area is 204 Å². The van der Waals surface area contributed by atoms with E-state index >= 15 is 0 Å². The van der Waals surface area contributed by atoms with Crippen LogP contribution in [0.15, 0.2) is 0 Å². The summed E-state index contributed by atoms with van der Waals surface area (Å²) in [6, 6.07) is 0. The molecule has 0 saturated carbocycles. The Balaban J connectivity index is 1.51. The Morgan fingerprint density at radius 1 is 0.971 bits per heavy atom. The molecule has 12 nitrogen and oxygen atoms in total. The molecule has 4 aliphatic heterocycles. The van der Waals surface area contributed by atoms with Crippen LogP contribution in [0.1, 0.15) is 70.0 Å². The predicted octanol–water partition coefficient (Wildman–Crippen LogP) is 1.14. The molecule has 12 heteroatoms. The molecule has 1 aromatic rings. The molecule has 0 amide bonds. The van der Waals surface area contributed by atoms with E-state index < -0.39 is 49.0 Å². The number of aliphatic hydroxyl groups excluding tert-OH is 2. The molecule has 0 aliphatic carbocycles. The van der Waals surface area contributed by atoms with E-state index in [0.717, 1.165) is 38.5 Å². The highest BCUT2D eigenvalue weighted by Crippen LogP contribution is 2.41. The first-order chi connectivity index (χ1) is 17.0. The maximum absolute atomic E-state index is 10.1. The van der Waals surface area contributed by atoms with Crippen LogP contribution in [0.25, 0.3) is 0 Å². The van der Waals surface area contributed by atoms with Crippen LogP contribution in [-0.2, 0) is 46.4 Å². The summed E-state index contributed by atoms with van der Waals surface area (Å²) < 4.78 is 45.1. The number of hydrogen-bond acceptors (Lipinski definition) is 11. The summed E-state index contributed by atoms with van der Waals surface area (Å²) in [5, 5.41) is 28.0. The highest BCUT2D eigenvalue weighted by atomic mass is 16.8. The molecule has 4 fully saturated rings. The minimum absolute atomic E-state index is 0.274. The van der Waals surface area contributed by atoms with Gasteiger partial charge in [0.2, 0.25) is 0 Å². The van der Waals surface area contributed by atoms with E-state index in [0.29, 0.717) is 18.9 Å². The number of hydrogen-bond donors (Lipinski definition) is 2. The minimum atomic E-state index is -0.828. The SMILES string of the molecule is CC1(C)OC[C@H]2O[C@@H](n3nnc(CO)c3CO)[C@H](OC3CCCCO3)[C@@H](OC3CCCCO3)[C@@H]2O1. The average Bonchev–Trinajstić information content (AvgIpc) is 3.29. The van der Waals surface area contributed by atoms with Gasteiger partial charge in [-0.3, -0.25) is 0 Å². The smallest absolute Gasteiger partial charge is 0.181 e. The minimum Gasteiger partial charge on any atom is -0.390 e. The van der Waals surface area contributed by atoms with Crippen LogP contribution in [0.2, 0.25) is 0 Å². The second-order valence-electron chi connectivity index (χ2n) is 9.90. The topological polar surface area (TPSA) is 136 Å². The molecule has 5 heterocycles. The second-order valence-corrected chi connectivity index (χ2v) is 9.90. The lowest BCUT2D eigenvalue weighted by molar-refractivity contribution is -0.394. The zero-order valence-corrected chi connectivity index (χ0v) is 20.4. The number of fused-ring (bicyclic) bond motifs is 1. The van der Waals surface area contributed by atoms with Crippen LogP contribution < -0.4 is 0 Å². The molecule has 0 bridgehead atoms. The van der Waals surface area contributed by atoms with Crippen molar-refractivity contribution in [1.82, 2.24) is 15.0 Å². The molecule has 1 aromatic heterocycles. The van der Waals surface area contributed by atoms with E-state index in [-0.39, 0.29) is 25.5 Å². The Morgan fingerprint density at radius 2 is 1.66 bits per heavy atom. The van der Waals surface area contributed by atoms with Gasteiger partial charge in [-0.25, -0.2) is 4.68 Å². The fraction of sp³-hybridized carbons (Fsp3) is 0.913.